The Morgan fingerprint density at radius 1 is 1.00 bits per heavy atom. The van der Waals surface area contributed by atoms with Gasteiger partial charge < -0.3 is 4.90 Å². The molecule has 4 heterocycles. The van der Waals surface area contributed by atoms with Crippen molar-refractivity contribution in [1.82, 2.24) is 15.0 Å². The average Bonchev–Trinajstić information content (AvgIpc) is 3.39. The summed E-state index contributed by atoms with van der Waals surface area (Å²) in [6, 6.07) is 17.0. The van der Waals surface area contributed by atoms with E-state index in [0.29, 0.717) is 6.04 Å². The van der Waals surface area contributed by atoms with Gasteiger partial charge in [0.1, 0.15) is 5.82 Å². The molecule has 1 aromatic carbocycles. The number of fused-ring (bicyclic) bond motifs is 1. The van der Waals surface area contributed by atoms with Crippen LogP contribution < -0.4 is 4.90 Å². The lowest BCUT2D eigenvalue weighted by molar-refractivity contribution is 0.727. The highest BCUT2D eigenvalue weighted by molar-refractivity contribution is 7.10. The van der Waals surface area contributed by atoms with E-state index in [0.717, 1.165) is 34.7 Å². The fourth-order valence-electron chi connectivity index (χ4n) is 3.70. The van der Waals surface area contributed by atoms with Crippen LogP contribution in [0, 0.1) is 0 Å². The first kappa shape index (κ1) is 15.5. The van der Waals surface area contributed by atoms with E-state index in [-0.39, 0.29) is 0 Å². The molecular weight excluding hydrogens is 340 g/mol. The van der Waals surface area contributed by atoms with Crippen molar-refractivity contribution in [3.8, 4) is 11.4 Å². The lowest BCUT2D eigenvalue weighted by Gasteiger charge is -2.26. The summed E-state index contributed by atoms with van der Waals surface area (Å²) >= 11 is 1.83. The Hall–Kier alpha value is -2.79. The van der Waals surface area contributed by atoms with Crippen molar-refractivity contribution in [2.45, 2.75) is 18.9 Å². The van der Waals surface area contributed by atoms with Crippen LogP contribution in [-0.2, 0) is 0 Å². The number of para-hydroxylation sites is 1. The van der Waals surface area contributed by atoms with Crippen molar-refractivity contribution in [2.75, 3.05) is 11.4 Å². The molecule has 5 rings (SSSR count). The van der Waals surface area contributed by atoms with Crippen LogP contribution in [-0.4, -0.2) is 21.5 Å². The number of benzene rings is 1. The molecule has 1 saturated heterocycles. The Bertz CT molecular complexity index is 1030. The maximum Gasteiger partial charge on any atom is 0.163 e. The molecular formula is C21H18N4S. The van der Waals surface area contributed by atoms with Crippen molar-refractivity contribution < 1.29 is 0 Å². The summed E-state index contributed by atoms with van der Waals surface area (Å²) in [5.41, 5.74) is 1.93. The minimum absolute atomic E-state index is 0.398. The zero-order valence-corrected chi connectivity index (χ0v) is 15.1. The first-order chi connectivity index (χ1) is 12.9. The predicted octanol–water partition coefficient (Wildman–Crippen LogP) is 5.09. The van der Waals surface area contributed by atoms with Crippen LogP contribution in [0.4, 0.5) is 5.82 Å². The summed E-state index contributed by atoms with van der Waals surface area (Å²) in [5, 5.41) is 3.27. The van der Waals surface area contributed by atoms with Gasteiger partial charge in [-0.15, -0.1) is 11.3 Å². The molecule has 0 bridgehead atoms. The van der Waals surface area contributed by atoms with Gasteiger partial charge in [-0.3, -0.25) is 4.98 Å². The molecule has 1 aliphatic heterocycles. The molecule has 0 aliphatic carbocycles. The molecule has 4 nitrogen and oxygen atoms in total. The molecule has 0 unspecified atom stereocenters. The highest BCUT2D eigenvalue weighted by Gasteiger charge is 2.29. The number of pyridine rings is 1. The van der Waals surface area contributed by atoms with E-state index in [1.54, 1.807) is 6.20 Å². The van der Waals surface area contributed by atoms with Gasteiger partial charge in [-0.1, -0.05) is 18.2 Å². The normalized spacial score (nSPS) is 17.1. The first-order valence-corrected chi connectivity index (χ1v) is 9.75. The summed E-state index contributed by atoms with van der Waals surface area (Å²) in [6.07, 6.45) is 5.96. The van der Waals surface area contributed by atoms with Gasteiger partial charge >= 0.3 is 0 Å². The largest absolute Gasteiger partial charge is 0.348 e. The average molecular weight is 358 g/mol. The lowest BCUT2D eigenvalue weighted by atomic mass is 10.1. The number of nitrogens with zero attached hydrogens (tertiary/aromatic N) is 4. The predicted molar refractivity (Wildman–Crippen MR) is 106 cm³/mol. The monoisotopic (exact) mass is 358 g/mol. The topological polar surface area (TPSA) is 41.9 Å². The second-order valence-corrected chi connectivity index (χ2v) is 7.48. The van der Waals surface area contributed by atoms with E-state index in [4.69, 9.17) is 9.97 Å². The summed E-state index contributed by atoms with van der Waals surface area (Å²) in [5.74, 6) is 1.77. The number of rotatable bonds is 3. The van der Waals surface area contributed by atoms with E-state index in [1.807, 2.05) is 35.7 Å². The smallest absolute Gasteiger partial charge is 0.163 e. The molecule has 0 amide bonds. The number of hydrogen-bond donors (Lipinski definition) is 0. The van der Waals surface area contributed by atoms with Gasteiger partial charge in [-0.25, -0.2) is 9.97 Å². The molecule has 1 atom stereocenters. The van der Waals surface area contributed by atoms with Crippen LogP contribution in [0.3, 0.4) is 0 Å². The summed E-state index contributed by atoms with van der Waals surface area (Å²) in [4.78, 5) is 17.9. The molecule has 1 aliphatic rings. The lowest BCUT2D eigenvalue weighted by Crippen LogP contribution is -2.23. The molecule has 4 aromatic rings. The zero-order valence-electron chi connectivity index (χ0n) is 14.2. The Morgan fingerprint density at radius 3 is 2.81 bits per heavy atom. The fraction of sp³-hybridized carbons (Fsp3) is 0.190. The van der Waals surface area contributed by atoms with Gasteiger partial charge in [0, 0.05) is 34.8 Å². The third-order valence-electron chi connectivity index (χ3n) is 4.90. The van der Waals surface area contributed by atoms with E-state index in [1.165, 1.54) is 17.7 Å². The number of aromatic nitrogens is 3. The SMILES string of the molecule is c1cncc(-c2nc(N3CCC[C@@H]3c3cccs3)c3ccccc3n2)c1. The van der Waals surface area contributed by atoms with Gasteiger partial charge in [0.2, 0.25) is 0 Å². The van der Waals surface area contributed by atoms with Crippen LogP contribution in [0.5, 0.6) is 0 Å². The number of thiophene rings is 1. The molecule has 128 valence electrons. The molecule has 1 fully saturated rings. The highest BCUT2D eigenvalue weighted by atomic mass is 32.1. The molecule has 0 saturated carbocycles. The van der Waals surface area contributed by atoms with E-state index in [9.17, 15) is 0 Å². The Balaban J connectivity index is 1.69. The van der Waals surface area contributed by atoms with Gasteiger partial charge in [-0.05, 0) is 48.6 Å². The van der Waals surface area contributed by atoms with Gasteiger partial charge in [0.15, 0.2) is 5.82 Å². The Kier molecular flexibility index (Phi) is 3.87. The van der Waals surface area contributed by atoms with Crippen LogP contribution in [0.15, 0.2) is 66.3 Å². The molecule has 3 aromatic heterocycles. The summed E-state index contributed by atoms with van der Waals surface area (Å²) < 4.78 is 0. The molecule has 0 spiro atoms. The van der Waals surface area contributed by atoms with E-state index in [2.05, 4.69) is 45.6 Å². The fourth-order valence-corrected chi connectivity index (χ4v) is 4.57. The number of hydrogen-bond acceptors (Lipinski definition) is 5. The van der Waals surface area contributed by atoms with Gasteiger partial charge in [0.25, 0.3) is 0 Å². The second-order valence-electron chi connectivity index (χ2n) is 6.50. The van der Waals surface area contributed by atoms with Gasteiger partial charge in [0.05, 0.1) is 11.6 Å². The minimum Gasteiger partial charge on any atom is -0.348 e. The molecule has 26 heavy (non-hydrogen) atoms. The van der Waals surface area contributed by atoms with Crippen molar-refractivity contribution in [1.29, 1.82) is 0 Å². The molecule has 5 heteroatoms. The van der Waals surface area contributed by atoms with Crippen LogP contribution >= 0.6 is 11.3 Å². The van der Waals surface area contributed by atoms with Gasteiger partial charge in [-0.2, -0.15) is 0 Å². The minimum atomic E-state index is 0.398. The zero-order chi connectivity index (χ0) is 17.3. The maximum absolute atomic E-state index is 4.99. The van der Waals surface area contributed by atoms with Crippen molar-refractivity contribution in [2.24, 2.45) is 0 Å². The Labute approximate surface area is 156 Å². The molecule has 0 N–H and O–H groups in total. The first-order valence-electron chi connectivity index (χ1n) is 8.87. The Morgan fingerprint density at radius 2 is 1.96 bits per heavy atom. The second kappa shape index (κ2) is 6.50. The van der Waals surface area contributed by atoms with Crippen LogP contribution in [0.1, 0.15) is 23.8 Å². The van der Waals surface area contributed by atoms with Crippen LogP contribution in [0.25, 0.3) is 22.3 Å². The molecule has 0 radical (unpaired) electrons. The standard InChI is InChI=1S/C21H18N4S/c1-2-8-17-16(7-1)21(24-20(23-17)15-6-3-11-22-14-15)25-12-4-9-18(25)19-10-5-13-26-19/h1-3,5-8,10-11,13-14,18H,4,9,12H2/t18-/m1/s1. The summed E-state index contributed by atoms with van der Waals surface area (Å²) in [6.45, 7) is 1.02. The van der Waals surface area contributed by atoms with E-state index < -0.39 is 0 Å². The third-order valence-corrected chi connectivity index (χ3v) is 5.87. The highest BCUT2D eigenvalue weighted by Crippen LogP contribution is 2.40. The summed E-state index contributed by atoms with van der Waals surface area (Å²) in [7, 11) is 0. The van der Waals surface area contributed by atoms with Crippen molar-refractivity contribution in [3.63, 3.8) is 0 Å². The quantitative estimate of drug-likeness (QED) is 0.511. The van der Waals surface area contributed by atoms with Crippen molar-refractivity contribution in [3.05, 3.63) is 71.2 Å². The number of anilines is 1. The van der Waals surface area contributed by atoms with Crippen LogP contribution in [0.2, 0.25) is 0 Å². The van der Waals surface area contributed by atoms with E-state index >= 15 is 0 Å². The third kappa shape index (κ3) is 2.65. The van der Waals surface area contributed by atoms with Crippen molar-refractivity contribution >= 4 is 28.1 Å². The maximum atomic E-state index is 4.99.